The third-order valence-corrected chi connectivity index (χ3v) is 17.2. The van der Waals surface area contributed by atoms with E-state index in [0.717, 1.165) is 80.5 Å². The van der Waals surface area contributed by atoms with Crippen molar-refractivity contribution in [2.75, 3.05) is 6.61 Å². The maximum absolute atomic E-state index is 12.6. The van der Waals surface area contributed by atoms with Crippen molar-refractivity contribution in [1.82, 2.24) is 0 Å². The van der Waals surface area contributed by atoms with Crippen LogP contribution in [0.2, 0.25) is 0 Å². The highest BCUT2D eigenvalue weighted by molar-refractivity contribution is 5.69. The number of fused-ring (bicyclic) bond motifs is 5. The molecule has 5 aliphatic rings. The van der Waals surface area contributed by atoms with Gasteiger partial charge in [0, 0.05) is 6.42 Å². The molecule has 5 rings (SSSR count). The summed E-state index contributed by atoms with van der Waals surface area (Å²) < 4.78 is 18.0. The van der Waals surface area contributed by atoms with Gasteiger partial charge in [-0.2, -0.15) is 0 Å². The van der Waals surface area contributed by atoms with Crippen LogP contribution in [0.1, 0.15) is 209 Å². The molecule has 336 valence electrons. The zero-order valence-electron chi connectivity index (χ0n) is 38.4. The fourth-order valence-electron chi connectivity index (χ4n) is 12.8. The number of ether oxygens (including phenoxy) is 3. The molecule has 0 aromatic carbocycles. The van der Waals surface area contributed by atoms with Gasteiger partial charge in [0.25, 0.3) is 0 Å². The fraction of sp³-hybridized carbons (Fsp3) is 0.941. The van der Waals surface area contributed by atoms with Gasteiger partial charge in [-0.15, -0.1) is 0 Å². The number of hydrogen-bond donors (Lipinski definition) is 3. The average molecular weight is 815 g/mol. The molecule has 3 N–H and O–H groups in total. The lowest BCUT2D eigenvalue weighted by molar-refractivity contribution is -0.313. The minimum absolute atomic E-state index is 0.139. The van der Waals surface area contributed by atoms with Gasteiger partial charge in [0.1, 0.15) is 31.0 Å². The number of aliphatic hydroxyl groups excluding tert-OH is 3. The molecular weight excluding hydrogens is 725 g/mol. The Hall–Kier alpha value is -0.990. The van der Waals surface area contributed by atoms with Gasteiger partial charge in [-0.05, 0) is 110 Å². The first kappa shape index (κ1) is 48.0. The number of rotatable bonds is 24. The summed E-state index contributed by atoms with van der Waals surface area (Å²) in [5.74, 6) is 5.17. The first-order chi connectivity index (χ1) is 27.8. The van der Waals surface area contributed by atoms with Crippen LogP contribution < -0.4 is 0 Å². The highest BCUT2D eigenvalue weighted by atomic mass is 16.7. The Morgan fingerprint density at radius 2 is 1.41 bits per heavy atom. The molecule has 0 aromatic heterocycles. The van der Waals surface area contributed by atoms with Crippen molar-refractivity contribution in [3.63, 3.8) is 0 Å². The second kappa shape index (κ2) is 22.9. The fourth-order valence-corrected chi connectivity index (χ4v) is 12.8. The first-order valence-corrected chi connectivity index (χ1v) is 25.0. The summed E-state index contributed by atoms with van der Waals surface area (Å²) in [7, 11) is 0. The molecule has 3 saturated carbocycles. The molecule has 0 amide bonds. The van der Waals surface area contributed by atoms with Gasteiger partial charge in [0.05, 0.1) is 6.10 Å². The quantitative estimate of drug-likeness (QED) is 0.0506. The van der Waals surface area contributed by atoms with E-state index in [9.17, 15) is 20.1 Å². The Bertz CT molecular complexity index is 1250. The van der Waals surface area contributed by atoms with Crippen molar-refractivity contribution in [2.24, 2.45) is 52.3 Å². The largest absolute Gasteiger partial charge is 0.463 e. The van der Waals surface area contributed by atoms with Crippen LogP contribution in [0.4, 0.5) is 0 Å². The van der Waals surface area contributed by atoms with Crippen LogP contribution in [-0.2, 0) is 19.0 Å². The summed E-state index contributed by atoms with van der Waals surface area (Å²) in [4.78, 5) is 12.6. The molecule has 58 heavy (non-hydrogen) atoms. The molecule has 14 atom stereocenters. The van der Waals surface area contributed by atoms with Gasteiger partial charge < -0.3 is 29.5 Å². The third-order valence-electron chi connectivity index (χ3n) is 17.2. The Balaban J connectivity index is 1.02. The highest BCUT2D eigenvalue weighted by Crippen LogP contribution is 2.67. The maximum atomic E-state index is 12.6. The van der Waals surface area contributed by atoms with Crippen molar-refractivity contribution in [1.29, 1.82) is 0 Å². The second-order valence-corrected chi connectivity index (χ2v) is 21.3. The Morgan fingerprint density at radius 1 is 0.776 bits per heavy atom. The molecule has 1 saturated heterocycles. The number of carbonyl (C=O) groups excluding carboxylic acids is 1. The topological polar surface area (TPSA) is 105 Å². The van der Waals surface area contributed by atoms with Gasteiger partial charge in [0.2, 0.25) is 0 Å². The van der Waals surface area contributed by atoms with E-state index in [1.54, 1.807) is 0 Å². The first-order valence-electron chi connectivity index (χ1n) is 25.0. The molecule has 1 aliphatic heterocycles. The molecule has 0 aromatic rings. The van der Waals surface area contributed by atoms with Gasteiger partial charge >= 0.3 is 5.97 Å². The van der Waals surface area contributed by atoms with Gasteiger partial charge in [0.15, 0.2) is 6.29 Å². The van der Waals surface area contributed by atoms with Crippen LogP contribution in [0.15, 0.2) is 11.6 Å². The molecule has 7 heteroatoms. The molecule has 7 nitrogen and oxygen atoms in total. The van der Waals surface area contributed by atoms with Crippen LogP contribution in [0, 0.1) is 52.3 Å². The van der Waals surface area contributed by atoms with Crippen molar-refractivity contribution in [3.8, 4) is 0 Å². The summed E-state index contributed by atoms with van der Waals surface area (Å²) in [5, 5.41) is 32.5. The molecule has 14 unspecified atom stereocenters. The number of carbonyl (C=O) groups is 1. The third kappa shape index (κ3) is 12.1. The smallest absolute Gasteiger partial charge is 0.305 e. The van der Waals surface area contributed by atoms with Crippen LogP contribution in [-0.4, -0.2) is 64.7 Å². The van der Waals surface area contributed by atoms with Crippen LogP contribution >= 0.6 is 0 Å². The van der Waals surface area contributed by atoms with Gasteiger partial charge in [-0.1, -0.05) is 156 Å². The van der Waals surface area contributed by atoms with Crippen LogP contribution in [0.25, 0.3) is 0 Å². The SMILES string of the molecule is CCCCCCCCCCCCCCCCC(=O)OCC1OC(OC2CCC3(C)C(=CCC4C3CCC3(C)C(C(C)CCC(C)C(C)C)CCC43)C2)C(O)C(O)C1O. The lowest BCUT2D eigenvalue weighted by Crippen LogP contribution is -2.60. The lowest BCUT2D eigenvalue weighted by Gasteiger charge is -2.58. The van der Waals surface area contributed by atoms with E-state index >= 15 is 0 Å². The van der Waals surface area contributed by atoms with E-state index in [2.05, 4.69) is 54.5 Å². The van der Waals surface area contributed by atoms with E-state index in [1.165, 1.54) is 115 Å². The van der Waals surface area contributed by atoms with Crippen molar-refractivity contribution >= 4 is 5.97 Å². The average Bonchev–Trinajstić information content (AvgIpc) is 3.57. The Labute approximate surface area is 355 Å². The van der Waals surface area contributed by atoms with Crippen molar-refractivity contribution < 1.29 is 34.3 Å². The zero-order chi connectivity index (χ0) is 41.9. The van der Waals surface area contributed by atoms with E-state index in [0.29, 0.717) is 17.8 Å². The second-order valence-electron chi connectivity index (χ2n) is 21.3. The van der Waals surface area contributed by atoms with Gasteiger partial charge in [-0.3, -0.25) is 4.79 Å². The van der Waals surface area contributed by atoms with Crippen molar-refractivity contribution in [2.45, 2.75) is 246 Å². The zero-order valence-corrected chi connectivity index (χ0v) is 38.4. The van der Waals surface area contributed by atoms with Gasteiger partial charge in [-0.25, -0.2) is 0 Å². The summed E-state index contributed by atoms with van der Waals surface area (Å²) >= 11 is 0. The number of allylic oxidation sites excluding steroid dienone is 1. The number of unbranched alkanes of at least 4 members (excludes halogenated alkanes) is 13. The molecule has 4 fully saturated rings. The lowest BCUT2D eigenvalue weighted by atomic mass is 9.47. The van der Waals surface area contributed by atoms with Crippen LogP contribution in [0.3, 0.4) is 0 Å². The highest BCUT2D eigenvalue weighted by Gasteiger charge is 2.59. The van der Waals surface area contributed by atoms with Crippen LogP contribution in [0.5, 0.6) is 0 Å². The minimum atomic E-state index is -1.44. The number of esters is 1. The van der Waals surface area contributed by atoms with E-state index in [-0.39, 0.29) is 24.1 Å². The maximum Gasteiger partial charge on any atom is 0.305 e. The summed E-state index contributed by atoms with van der Waals surface area (Å²) in [5.41, 5.74) is 2.13. The Morgan fingerprint density at radius 3 is 2.05 bits per heavy atom. The number of aliphatic hydroxyl groups is 3. The van der Waals surface area contributed by atoms with E-state index in [1.807, 2.05) is 0 Å². The minimum Gasteiger partial charge on any atom is -0.463 e. The van der Waals surface area contributed by atoms with Crippen molar-refractivity contribution in [3.05, 3.63) is 11.6 Å². The molecule has 1 heterocycles. The normalized spacial score (nSPS) is 37.1. The molecule has 0 radical (unpaired) electrons. The molecule has 4 aliphatic carbocycles. The predicted molar refractivity (Wildman–Crippen MR) is 235 cm³/mol. The standard InChI is InChI=1S/C51H90O7/c1-8-9-10-11-12-13-14-15-16-17-18-19-20-21-22-45(52)56-34-44-46(53)47(54)48(55)49(58-44)57-39-29-31-50(6)38(33-39)25-26-40-42-28-27-41(51(42,7)32-30-43(40)50)37(5)24-23-36(4)35(2)3/h25,35-37,39-44,46-49,53-55H,8-24,26-34H2,1-7H3. The Kier molecular flexibility index (Phi) is 19.0. The number of hydrogen-bond acceptors (Lipinski definition) is 7. The summed E-state index contributed by atoms with van der Waals surface area (Å²) in [6.07, 6.45) is 26.2. The summed E-state index contributed by atoms with van der Waals surface area (Å²) in [6.45, 7) is 17.0. The summed E-state index contributed by atoms with van der Waals surface area (Å²) in [6, 6.07) is 0. The molecular formula is C51H90O7. The van der Waals surface area contributed by atoms with E-state index < -0.39 is 30.7 Å². The molecule has 0 spiro atoms. The van der Waals surface area contributed by atoms with E-state index in [4.69, 9.17) is 14.2 Å². The predicted octanol–water partition coefficient (Wildman–Crippen LogP) is 11.9. The monoisotopic (exact) mass is 815 g/mol. The molecule has 0 bridgehead atoms.